The second-order valence-electron chi connectivity index (χ2n) is 4.35. The minimum absolute atomic E-state index is 0.0324. The maximum absolute atomic E-state index is 12.4. The molecule has 0 aliphatic heterocycles. The lowest BCUT2D eigenvalue weighted by atomic mass is 10.3. The van der Waals surface area contributed by atoms with Crippen LogP contribution in [0.4, 0.5) is 5.69 Å². The zero-order chi connectivity index (χ0) is 15.1. The normalized spacial score (nSPS) is 11.7. The van der Waals surface area contributed by atoms with Crippen LogP contribution in [0.25, 0.3) is 0 Å². The molecule has 20 heavy (non-hydrogen) atoms. The fourth-order valence-corrected chi connectivity index (χ4v) is 4.02. The van der Waals surface area contributed by atoms with Gasteiger partial charge in [-0.1, -0.05) is 27.5 Å². The van der Waals surface area contributed by atoms with E-state index in [0.29, 0.717) is 11.4 Å². The zero-order valence-corrected chi connectivity index (χ0v) is 14.3. The van der Waals surface area contributed by atoms with Crippen molar-refractivity contribution < 1.29 is 8.42 Å². The highest BCUT2D eigenvalue weighted by atomic mass is 79.9. The molecule has 0 unspecified atom stereocenters. The van der Waals surface area contributed by atoms with Crippen molar-refractivity contribution in [2.24, 2.45) is 7.05 Å². The number of aryl methyl sites for hydroxylation is 2. The number of nitrogens with one attached hydrogen (secondary N) is 1. The average Bonchev–Trinajstić information content (AvgIpc) is 2.55. The third kappa shape index (κ3) is 2.84. The third-order valence-electron chi connectivity index (χ3n) is 2.93. The Bertz CT molecular complexity index is 771. The highest BCUT2D eigenvalue weighted by Crippen LogP contribution is 2.28. The van der Waals surface area contributed by atoms with Crippen molar-refractivity contribution >= 4 is 43.2 Å². The molecule has 0 saturated carbocycles. The Labute approximate surface area is 131 Å². The summed E-state index contributed by atoms with van der Waals surface area (Å²) in [7, 11) is -1.99. The Balaban J connectivity index is 2.46. The first-order chi connectivity index (χ1) is 9.22. The number of anilines is 1. The van der Waals surface area contributed by atoms with E-state index in [1.165, 1.54) is 6.07 Å². The van der Waals surface area contributed by atoms with Gasteiger partial charge in [-0.2, -0.15) is 5.10 Å². The largest absolute Gasteiger partial charge is 0.276 e. The summed E-state index contributed by atoms with van der Waals surface area (Å²) in [5.41, 5.74) is 1.83. The van der Waals surface area contributed by atoms with Gasteiger partial charge in [-0.25, -0.2) is 8.42 Å². The summed E-state index contributed by atoms with van der Waals surface area (Å²) >= 11 is 9.24. The summed E-state index contributed by atoms with van der Waals surface area (Å²) in [5.74, 6) is 0. The molecule has 0 aliphatic carbocycles. The van der Waals surface area contributed by atoms with Crippen LogP contribution >= 0.6 is 27.5 Å². The maximum Gasteiger partial charge on any atom is 0.263 e. The van der Waals surface area contributed by atoms with E-state index in [-0.39, 0.29) is 9.92 Å². The van der Waals surface area contributed by atoms with Gasteiger partial charge in [0.2, 0.25) is 0 Å². The van der Waals surface area contributed by atoms with Crippen molar-refractivity contribution in [3.05, 3.63) is 39.1 Å². The van der Waals surface area contributed by atoms with Crippen molar-refractivity contribution in [3.63, 3.8) is 0 Å². The highest BCUT2D eigenvalue weighted by molar-refractivity contribution is 9.10. The van der Waals surface area contributed by atoms with E-state index in [9.17, 15) is 8.42 Å². The third-order valence-corrected chi connectivity index (χ3v) is 5.25. The molecular weight excluding hydrogens is 366 g/mol. The predicted molar refractivity (Wildman–Crippen MR) is 82.6 cm³/mol. The zero-order valence-electron chi connectivity index (χ0n) is 11.1. The standard InChI is InChI=1S/C12H13BrClN3O2S/c1-7-12(8(2)17(3)15-7)16-20(18,19)11-5-4-9(13)6-10(11)14/h4-6,16H,1-3H3. The summed E-state index contributed by atoms with van der Waals surface area (Å²) in [6.07, 6.45) is 0. The Hall–Kier alpha value is -1.05. The molecule has 5 nitrogen and oxygen atoms in total. The summed E-state index contributed by atoms with van der Waals surface area (Å²) in [5, 5.41) is 4.33. The Morgan fingerprint density at radius 1 is 1.35 bits per heavy atom. The van der Waals surface area contributed by atoms with Gasteiger partial charge in [-0.3, -0.25) is 9.40 Å². The molecule has 0 fully saturated rings. The van der Waals surface area contributed by atoms with E-state index < -0.39 is 10.0 Å². The Morgan fingerprint density at radius 2 is 2.00 bits per heavy atom. The molecular formula is C12H13BrClN3O2S. The van der Waals surface area contributed by atoms with Crippen LogP contribution in [0.2, 0.25) is 5.02 Å². The Morgan fingerprint density at radius 3 is 2.50 bits per heavy atom. The fraction of sp³-hybridized carbons (Fsp3) is 0.250. The van der Waals surface area contributed by atoms with E-state index >= 15 is 0 Å². The summed E-state index contributed by atoms with van der Waals surface area (Å²) in [6, 6.07) is 4.62. The van der Waals surface area contributed by atoms with Gasteiger partial charge in [0.15, 0.2) is 0 Å². The topological polar surface area (TPSA) is 64.0 Å². The van der Waals surface area contributed by atoms with Crippen LogP contribution in [-0.4, -0.2) is 18.2 Å². The summed E-state index contributed by atoms with van der Waals surface area (Å²) < 4.78 is 29.7. The second kappa shape index (κ2) is 5.38. The molecule has 0 bridgehead atoms. The van der Waals surface area contributed by atoms with Crippen LogP contribution in [-0.2, 0) is 17.1 Å². The summed E-state index contributed by atoms with van der Waals surface area (Å²) in [6.45, 7) is 3.54. The number of aromatic nitrogens is 2. The van der Waals surface area contributed by atoms with Gasteiger partial charge < -0.3 is 0 Å². The van der Waals surface area contributed by atoms with Crippen molar-refractivity contribution in [2.75, 3.05) is 4.72 Å². The molecule has 108 valence electrons. The van der Waals surface area contributed by atoms with E-state index in [1.807, 2.05) is 0 Å². The van der Waals surface area contributed by atoms with E-state index in [1.54, 1.807) is 37.7 Å². The monoisotopic (exact) mass is 377 g/mol. The average molecular weight is 379 g/mol. The maximum atomic E-state index is 12.4. The van der Waals surface area contributed by atoms with Crippen LogP contribution in [0, 0.1) is 13.8 Å². The Kier molecular flexibility index (Phi) is 4.13. The van der Waals surface area contributed by atoms with E-state index in [2.05, 4.69) is 25.8 Å². The number of sulfonamides is 1. The highest BCUT2D eigenvalue weighted by Gasteiger charge is 2.21. The fourth-order valence-electron chi connectivity index (χ4n) is 1.80. The number of hydrogen-bond acceptors (Lipinski definition) is 3. The lowest BCUT2D eigenvalue weighted by Gasteiger charge is -2.10. The van der Waals surface area contributed by atoms with Gasteiger partial charge in [0.1, 0.15) is 4.90 Å². The van der Waals surface area contributed by atoms with E-state index in [0.717, 1.165) is 10.2 Å². The SMILES string of the molecule is Cc1nn(C)c(C)c1NS(=O)(=O)c1ccc(Br)cc1Cl. The quantitative estimate of drug-likeness (QED) is 0.891. The van der Waals surface area contributed by atoms with Gasteiger partial charge in [0, 0.05) is 11.5 Å². The van der Waals surface area contributed by atoms with Gasteiger partial charge in [-0.05, 0) is 32.0 Å². The number of benzene rings is 1. The van der Waals surface area contributed by atoms with Gasteiger partial charge in [-0.15, -0.1) is 0 Å². The van der Waals surface area contributed by atoms with Gasteiger partial charge in [0.05, 0.1) is 22.1 Å². The molecule has 1 N–H and O–H groups in total. The molecule has 0 radical (unpaired) electrons. The molecule has 8 heteroatoms. The molecule has 0 spiro atoms. The van der Waals surface area contributed by atoms with Crippen LogP contribution in [0.3, 0.4) is 0 Å². The number of rotatable bonds is 3. The summed E-state index contributed by atoms with van der Waals surface area (Å²) in [4.78, 5) is 0.0324. The van der Waals surface area contributed by atoms with E-state index in [4.69, 9.17) is 11.6 Å². The van der Waals surface area contributed by atoms with Crippen molar-refractivity contribution in [3.8, 4) is 0 Å². The van der Waals surface area contributed by atoms with Crippen molar-refractivity contribution in [1.82, 2.24) is 9.78 Å². The smallest absolute Gasteiger partial charge is 0.263 e. The first-order valence-electron chi connectivity index (χ1n) is 5.70. The molecule has 0 saturated heterocycles. The first-order valence-corrected chi connectivity index (χ1v) is 8.36. The molecule has 1 aromatic heterocycles. The first kappa shape index (κ1) is 15.3. The molecule has 0 aliphatic rings. The molecule has 1 aromatic carbocycles. The van der Waals surface area contributed by atoms with Crippen LogP contribution in [0.5, 0.6) is 0 Å². The number of hydrogen-bond donors (Lipinski definition) is 1. The minimum Gasteiger partial charge on any atom is -0.276 e. The van der Waals surface area contributed by atoms with Gasteiger partial charge >= 0.3 is 0 Å². The lowest BCUT2D eigenvalue weighted by molar-refractivity contribution is 0.601. The van der Waals surface area contributed by atoms with Crippen LogP contribution in [0.15, 0.2) is 27.6 Å². The molecule has 2 rings (SSSR count). The number of halogens is 2. The lowest BCUT2D eigenvalue weighted by Crippen LogP contribution is -2.14. The molecule has 0 atom stereocenters. The van der Waals surface area contributed by atoms with Crippen LogP contribution in [0.1, 0.15) is 11.4 Å². The second-order valence-corrected chi connectivity index (χ2v) is 7.32. The molecule has 2 aromatic rings. The predicted octanol–water partition coefficient (Wildman–Crippen LogP) is 3.25. The minimum atomic E-state index is -3.75. The molecule has 0 amide bonds. The number of nitrogens with zero attached hydrogens (tertiary/aromatic N) is 2. The van der Waals surface area contributed by atoms with Crippen molar-refractivity contribution in [1.29, 1.82) is 0 Å². The molecule has 1 heterocycles. The van der Waals surface area contributed by atoms with Crippen LogP contribution < -0.4 is 4.72 Å². The van der Waals surface area contributed by atoms with Gasteiger partial charge in [0.25, 0.3) is 10.0 Å². The van der Waals surface area contributed by atoms with Crippen molar-refractivity contribution in [2.45, 2.75) is 18.7 Å².